The first-order valence-electron chi connectivity index (χ1n) is 8.55. The predicted molar refractivity (Wildman–Crippen MR) is 103 cm³/mol. The largest absolute Gasteiger partial charge is 0.333 e. The van der Waals surface area contributed by atoms with Gasteiger partial charge in [-0.05, 0) is 31.0 Å². The molecule has 0 radical (unpaired) electrons. The van der Waals surface area contributed by atoms with Crippen molar-refractivity contribution < 1.29 is 9.59 Å². The average molecular weight is 410 g/mol. The maximum atomic E-state index is 12.8. The fourth-order valence-corrected chi connectivity index (χ4v) is 4.65. The van der Waals surface area contributed by atoms with Crippen molar-refractivity contribution in [3.63, 3.8) is 0 Å². The third-order valence-electron chi connectivity index (χ3n) is 4.89. The molecule has 1 aromatic carbocycles. The molecule has 26 heavy (non-hydrogen) atoms. The zero-order valence-electron chi connectivity index (χ0n) is 13.9. The van der Waals surface area contributed by atoms with Crippen LogP contribution in [0.25, 0.3) is 0 Å². The Kier molecular flexibility index (Phi) is 4.90. The Labute approximate surface area is 165 Å². The monoisotopic (exact) mass is 409 g/mol. The van der Waals surface area contributed by atoms with Gasteiger partial charge in [-0.2, -0.15) is 0 Å². The summed E-state index contributed by atoms with van der Waals surface area (Å²) in [6.45, 7) is 1.05. The highest BCUT2D eigenvalue weighted by Gasteiger charge is 2.29. The van der Waals surface area contributed by atoms with Crippen molar-refractivity contribution in [1.82, 2.24) is 9.88 Å². The van der Waals surface area contributed by atoms with Crippen LogP contribution in [0.3, 0.4) is 0 Å². The van der Waals surface area contributed by atoms with Crippen LogP contribution in [0.15, 0.2) is 18.2 Å². The smallest absolute Gasteiger partial charge is 0.255 e. The van der Waals surface area contributed by atoms with Crippen LogP contribution < -0.4 is 5.32 Å². The molecule has 136 valence electrons. The summed E-state index contributed by atoms with van der Waals surface area (Å²) in [6, 6.07) is 4.89. The summed E-state index contributed by atoms with van der Waals surface area (Å²) in [5.41, 5.74) is 1.41. The lowest BCUT2D eigenvalue weighted by atomic mass is 9.85. The molecule has 1 aliphatic carbocycles. The molecule has 1 fully saturated rings. The number of benzene rings is 1. The molecule has 8 heteroatoms. The first kappa shape index (κ1) is 17.8. The van der Waals surface area contributed by atoms with Crippen molar-refractivity contribution >= 4 is 51.5 Å². The topological polar surface area (TPSA) is 62.3 Å². The fraction of sp³-hybridized carbons (Fsp3) is 0.389. The van der Waals surface area contributed by atoms with Gasteiger partial charge in [-0.1, -0.05) is 41.0 Å². The van der Waals surface area contributed by atoms with Gasteiger partial charge >= 0.3 is 0 Å². The summed E-state index contributed by atoms with van der Waals surface area (Å²) in [5.74, 6) is 0.0649. The molecular weight excluding hydrogens is 393 g/mol. The van der Waals surface area contributed by atoms with Crippen LogP contribution in [-0.2, 0) is 17.8 Å². The second kappa shape index (κ2) is 7.18. The van der Waals surface area contributed by atoms with E-state index in [1.165, 1.54) is 11.3 Å². The molecule has 1 aliphatic heterocycles. The molecule has 0 atom stereocenters. The average Bonchev–Trinajstić information content (AvgIpc) is 2.93. The van der Waals surface area contributed by atoms with E-state index in [9.17, 15) is 9.59 Å². The summed E-state index contributed by atoms with van der Waals surface area (Å²) in [5, 5.41) is 4.41. The minimum absolute atomic E-state index is 0.0585. The molecule has 0 saturated heterocycles. The molecule has 1 saturated carbocycles. The van der Waals surface area contributed by atoms with Crippen LogP contribution in [0.2, 0.25) is 10.0 Å². The number of hydrogen-bond acceptors (Lipinski definition) is 4. The van der Waals surface area contributed by atoms with Gasteiger partial charge in [0.25, 0.3) is 5.91 Å². The van der Waals surface area contributed by atoms with E-state index in [1.54, 1.807) is 23.1 Å². The van der Waals surface area contributed by atoms with Crippen LogP contribution in [0.4, 0.5) is 5.13 Å². The molecular formula is C18H17Cl2N3O2S. The number of carbonyl (C=O) groups excluding carboxylic acids is 2. The quantitative estimate of drug-likeness (QED) is 0.817. The van der Waals surface area contributed by atoms with Crippen LogP contribution in [0.5, 0.6) is 0 Å². The number of aromatic nitrogens is 1. The number of carbonyl (C=O) groups is 2. The van der Waals surface area contributed by atoms with Crippen LogP contribution in [0, 0.1) is 5.92 Å². The number of halogens is 2. The summed E-state index contributed by atoms with van der Waals surface area (Å²) in [6.07, 6.45) is 3.71. The molecule has 1 aromatic heterocycles. The Hall–Kier alpha value is -1.63. The number of rotatable bonds is 3. The number of hydrogen-bond donors (Lipinski definition) is 1. The molecule has 5 nitrogen and oxygen atoms in total. The van der Waals surface area contributed by atoms with E-state index in [2.05, 4.69) is 10.3 Å². The molecule has 0 spiro atoms. The number of amides is 2. The maximum absolute atomic E-state index is 12.8. The van der Waals surface area contributed by atoms with Gasteiger partial charge in [0.2, 0.25) is 5.91 Å². The minimum atomic E-state index is -0.120. The van der Waals surface area contributed by atoms with Gasteiger partial charge < -0.3 is 10.2 Å². The molecule has 2 aliphatic rings. The second-order valence-corrected chi connectivity index (χ2v) is 8.53. The van der Waals surface area contributed by atoms with Gasteiger partial charge in [0.1, 0.15) is 0 Å². The summed E-state index contributed by atoms with van der Waals surface area (Å²) in [4.78, 5) is 32.2. The predicted octanol–water partition coefficient (Wildman–Crippen LogP) is 4.39. The first-order chi connectivity index (χ1) is 12.5. The number of fused-ring (bicyclic) bond motifs is 1. The zero-order chi connectivity index (χ0) is 18.3. The highest BCUT2D eigenvalue weighted by molar-refractivity contribution is 7.15. The second-order valence-electron chi connectivity index (χ2n) is 6.61. The molecule has 0 unspecified atom stereocenters. The Bertz CT molecular complexity index is 879. The van der Waals surface area contributed by atoms with E-state index in [4.69, 9.17) is 23.2 Å². The van der Waals surface area contributed by atoms with Crippen molar-refractivity contribution in [1.29, 1.82) is 0 Å². The molecule has 0 bridgehead atoms. The van der Waals surface area contributed by atoms with Gasteiger partial charge in [0.05, 0.1) is 22.8 Å². The van der Waals surface area contributed by atoms with E-state index in [-0.39, 0.29) is 17.7 Å². The normalized spacial score (nSPS) is 16.8. The molecule has 2 amide bonds. The van der Waals surface area contributed by atoms with E-state index < -0.39 is 0 Å². The highest BCUT2D eigenvalue weighted by atomic mass is 35.5. The molecule has 2 heterocycles. The first-order valence-corrected chi connectivity index (χ1v) is 10.1. The summed E-state index contributed by atoms with van der Waals surface area (Å²) < 4.78 is 0. The van der Waals surface area contributed by atoms with E-state index >= 15 is 0 Å². The Morgan fingerprint density at radius 2 is 2.08 bits per heavy atom. The van der Waals surface area contributed by atoms with Crippen molar-refractivity contribution in [2.24, 2.45) is 5.92 Å². The number of anilines is 1. The fourth-order valence-electron chi connectivity index (χ4n) is 3.13. The maximum Gasteiger partial charge on any atom is 0.255 e. The van der Waals surface area contributed by atoms with Crippen molar-refractivity contribution in [2.75, 3.05) is 11.9 Å². The summed E-state index contributed by atoms with van der Waals surface area (Å²) >= 11 is 13.5. The standard InChI is InChI=1S/C18H17Cl2N3O2S/c19-11-4-5-12(13(20)8-11)17(25)23-7-6-14-15(9-23)26-18(21-14)22-16(24)10-2-1-3-10/h4-5,8,10H,1-3,6-7,9H2,(H,21,22,24). The van der Waals surface area contributed by atoms with E-state index in [0.29, 0.717) is 40.3 Å². The van der Waals surface area contributed by atoms with E-state index in [0.717, 1.165) is 29.8 Å². The lowest BCUT2D eigenvalue weighted by Gasteiger charge is -2.26. The van der Waals surface area contributed by atoms with Crippen LogP contribution in [-0.4, -0.2) is 28.2 Å². The van der Waals surface area contributed by atoms with Crippen LogP contribution >= 0.6 is 34.5 Å². The van der Waals surface area contributed by atoms with Crippen molar-refractivity contribution in [3.05, 3.63) is 44.4 Å². The SMILES string of the molecule is O=C(Nc1nc2c(s1)CN(C(=O)c1ccc(Cl)cc1Cl)CC2)C1CCC1. The minimum Gasteiger partial charge on any atom is -0.333 e. The third kappa shape index (κ3) is 3.46. The Morgan fingerprint density at radius 1 is 1.27 bits per heavy atom. The number of nitrogens with one attached hydrogen (secondary N) is 1. The van der Waals surface area contributed by atoms with Gasteiger partial charge in [0, 0.05) is 28.8 Å². The van der Waals surface area contributed by atoms with Gasteiger partial charge in [0.15, 0.2) is 5.13 Å². The highest BCUT2D eigenvalue weighted by Crippen LogP contribution is 2.32. The zero-order valence-corrected chi connectivity index (χ0v) is 16.3. The molecule has 1 N–H and O–H groups in total. The number of nitrogens with zero attached hydrogens (tertiary/aromatic N) is 2. The Balaban J connectivity index is 1.47. The lowest BCUT2D eigenvalue weighted by molar-refractivity contribution is -0.122. The van der Waals surface area contributed by atoms with Crippen molar-refractivity contribution in [2.45, 2.75) is 32.2 Å². The number of thiazole rings is 1. The van der Waals surface area contributed by atoms with E-state index in [1.807, 2.05) is 0 Å². The lowest BCUT2D eigenvalue weighted by Crippen LogP contribution is -2.35. The van der Waals surface area contributed by atoms with Gasteiger partial charge in [-0.15, -0.1) is 0 Å². The molecule has 2 aromatic rings. The molecule has 4 rings (SSSR count). The third-order valence-corrected chi connectivity index (χ3v) is 6.43. The van der Waals surface area contributed by atoms with Crippen LogP contribution in [0.1, 0.15) is 40.2 Å². The Morgan fingerprint density at radius 3 is 2.77 bits per heavy atom. The summed E-state index contributed by atoms with van der Waals surface area (Å²) in [7, 11) is 0. The van der Waals surface area contributed by atoms with Gasteiger partial charge in [-0.25, -0.2) is 4.98 Å². The van der Waals surface area contributed by atoms with Crippen molar-refractivity contribution in [3.8, 4) is 0 Å². The van der Waals surface area contributed by atoms with Gasteiger partial charge in [-0.3, -0.25) is 9.59 Å².